The van der Waals surface area contributed by atoms with Gasteiger partial charge in [-0.2, -0.15) is 0 Å². The SMILES string of the molecule is CCN1CCC[C@@]2(C)CC(c3ccccc3)(Cc3cnoc32)C1=O. The predicted molar refractivity (Wildman–Crippen MR) is 91.8 cm³/mol. The summed E-state index contributed by atoms with van der Waals surface area (Å²) >= 11 is 0. The molecule has 24 heavy (non-hydrogen) atoms. The monoisotopic (exact) mass is 324 g/mol. The molecule has 2 heterocycles. The van der Waals surface area contributed by atoms with Crippen LogP contribution in [0.3, 0.4) is 0 Å². The molecule has 4 nitrogen and oxygen atoms in total. The number of carbonyl (C=O) groups excluding carboxylic acids is 1. The zero-order valence-corrected chi connectivity index (χ0v) is 14.4. The number of benzene rings is 1. The van der Waals surface area contributed by atoms with E-state index in [1.165, 1.54) is 0 Å². The average molecular weight is 324 g/mol. The lowest BCUT2D eigenvalue weighted by atomic mass is 9.57. The van der Waals surface area contributed by atoms with Crippen molar-refractivity contribution < 1.29 is 9.32 Å². The minimum absolute atomic E-state index is 0.130. The van der Waals surface area contributed by atoms with Crippen molar-refractivity contribution >= 4 is 5.91 Å². The predicted octanol–water partition coefficient (Wildman–Crippen LogP) is 3.46. The van der Waals surface area contributed by atoms with Gasteiger partial charge in [-0.05, 0) is 38.2 Å². The molecular formula is C20H24N2O2. The highest BCUT2D eigenvalue weighted by Gasteiger charge is 2.54. The van der Waals surface area contributed by atoms with Crippen molar-refractivity contribution in [3.8, 4) is 0 Å². The Kier molecular flexibility index (Phi) is 3.52. The maximum absolute atomic E-state index is 13.6. The van der Waals surface area contributed by atoms with Gasteiger partial charge >= 0.3 is 0 Å². The zero-order chi connectivity index (χ0) is 16.8. The standard InChI is InChI=1S/C20H24N2O2/c1-3-22-11-7-10-19(2)14-20(18(22)23,16-8-5-4-6-9-16)12-15-13-21-24-17(15)19/h4-6,8-9,13H,3,7,10-12,14H2,1-2H3/t19-,20?/m0/s1. The summed E-state index contributed by atoms with van der Waals surface area (Å²) in [5.41, 5.74) is 1.58. The summed E-state index contributed by atoms with van der Waals surface area (Å²) in [7, 11) is 0. The Morgan fingerprint density at radius 1 is 1.29 bits per heavy atom. The van der Waals surface area contributed by atoms with Gasteiger partial charge in [0, 0.05) is 24.1 Å². The van der Waals surface area contributed by atoms with E-state index in [4.69, 9.17) is 4.52 Å². The quantitative estimate of drug-likeness (QED) is 0.850. The van der Waals surface area contributed by atoms with Gasteiger partial charge in [-0.3, -0.25) is 4.79 Å². The van der Waals surface area contributed by atoms with Crippen LogP contribution in [0.15, 0.2) is 41.1 Å². The molecule has 0 spiro atoms. The number of rotatable bonds is 2. The van der Waals surface area contributed by atoms with E-state index in [-0.39, 0.29) is 11.3 Å². The fraction of sp³-hybridized carbons (Fsp3) is 0.500. The first-order chi connectivity index (χ1) is 11.6. The molecule has 0 saturated carbocycles. The number of hydrogen-bond acceptors (Lipinski definition) is 3. The summed E-state index contributed by atoms with van der Waals surface area (Å²) in [5, 5.41) is 4.06. The lowest BCUT2D eigenvalue weighted by molar-refractivity contribution is -0.140. The smallest absolute Gasteiger partial charge is 0.233 e. The van der Waals surface area contributed by atoms with Crippen LogP contribution < -0.4 is 0 Å². The molecule has 0 radical (unpaired) electrons. The molecule has 1 saturated heterocycles. The highest BCUT2D eigenvalue weighted by molar-refractivity contribution is 5.89. The minimum Gasteiger partial charge on any atom is -0.361 e. The van der Waals surface area contributed by atoms with Crippen molar-refractivity contribution in [2.24, 2.45) is 0 Å². The third-order valence-electron chi connectivity index (χ3n) is 5.94. The van der Waals surface area contributed by atoms with E-state index in [9.17, 15) is 4.79 Å². The van der Waals surface area contributed by atoms with Crippen LogP contribution in [0.4, 0.5) is 0 Å². The molecule has 1 fully saturated rings. The van der Waals surface area contributed by atoms with Crippen molar-refractivity contribution in [2.45, 2.75) is 50.4 Å². The second-order valence-corrected chi connectivity index (χ2v) is 7.53. The summed E-state index contributed by atoms with van der Waals surface area (Å²) in [6, 6.07) is 10.3. The van der Waals surface area contributed by atoms with Crippen LogP contribution >= 0.6 is 0 Å². The molecule has 1 unspecified atom stereocenters. The van der Waals surface area contributed by atoms with Gasteiger partial charge < -0.3 is 9.42 Å². The third kappa shape index (κ3) is 2.12. The van der Waals surface area contributed by atoms with Crippen molar-refractivity contribution in [2.75, 3.05) is 13.1 Å². The molecule has 1 aromatic carbocycles. The molecule has 1 aromatic heterocycles. The first kappa shape index (κ1) is 15.4. The number of hydrogen-bond donors (Lipinski definition) is 0. The number of carbonyl (C=O) groups is 1. The fourth-order valence-corrected chi connectivity index (χ4v) is 4.82. The molecule has 126 valence electrons. The van der Waals surface area contributed by atoms with Gasteiger partial charge in [-0.1, -0.05) is 42.4 Å². The van der Waals surface area contributed by atoms with E-state index < -0.39 is 5.41 Å². The van der Waals surface area contributed by atoms with E-state index in [1.54, 1.807) is 0 Å². The molecule has 1 amide bonds. The van der Waals surface area contributed by atoms with Gasteiger partial charge in [0.1, 0.15) is 5.76 Å². The molecule has 4 heteroatoms. The number of likely N-dealkylation sites (N-methyl/N-ethyl adjacent to an activating group) is 1. The maximum Gasteiger partial charge on any atom is 0.233 e. The first-order valence-corrected chi connectivity index (χ1v) is 8.88. The van der Waals surface area contributed by atoms with Gasteiger partial charge in [-0.25, -0.2) is 0 Å². The fourth-order valence-electron chi connectivity index (χ4n) is 4.82. The summed E-state index contributed by atoms with van der Waals surface area (Å²) in [4.78, 5) is 15.6. The minimum atomic E-state index is -0.509. The highest BCUT2D eigenvalue weighted by Crippen LogP contribution is 2.51. The summed E-state index contributed by atoms with van der Waals surface area (Å²) in [6.07, 6.45) is 5.31. The van der Waals surface area contributed by atoms with Crippen molar-refractivity contribution in [1.29, 1.82) is 0 Å². The van der Waals surface area contributed by atoms with E-state index in [0.717, 1.165) is 49.2 Å². The Morgan fingerprint density at radius 3 is 2.83 bits per heavy atom. The summed E-state index contributed by atoms with van der Waals surface area (Å²) < 4.78 is 5.64. The molecule has 1 aliphatic heterocycles. The van der Waals surface area contributed by atoms with Crippen molar-refractivity contribution in [3.63, 3.8) is 0 Å². The topological polar surface area (TPSA) is 46.3 Å². The van der Waals surface area contributed by atoms with Gasteiger partial charge in [0.05, 0.1) is 11.6 Å². The molecule has 1 aliphatic carbocycles. The van der Waals surface area contributed by atoms with E-state index in [2.05, 4.69) is 31.1 Å². The number of fused-ring (bicyclic) bond motifs is 4. The number of nitrogens with zero attached hydrogens (tertiary/aromatic N) is 2. The van der Waals surface area contributed by atoms with Crippen LogP contribution in [0, 0.1) is 0 Å². The lowest BCUT2D eigenvalue weighted by Gasteiger charge is -2.48. The Bertz CT molecular complexity index is 754. The number of amides is 1. The molecule has 2 aromatic rings. The maximum atomic E-state index is 13.6. The lowest BCUT2D eigenvalue weighted by Crippen LogP contribution is -2.55. The molecule has 2 aliphatic rings. The van der Waals surface area contributed by atoms with E-state index in [0.29, 0.717) is 6.42 Å². The van der Waals surface area contributed by atoms with Crippen LogP contribution in [0.1, 0.15) is 50.0 Å². The average Bonchev–Trinajstić information content (AvgIpc) is 3.07. The van der Waals surface area contributed by atoms with Gasteiger partial charge in [0.25, 0.3) is 0 Å². The molecule has 2 bridgehead atoms. The van der Waals surface area contributed by atoms with Crippen molar-refractivity contribution in [1.82, 2.24) is 10.1 Å². The Morgan fingerprint density at radius 2 is 2.08 bits per heavy atom. The van der Waals surface area contributed by atoms with Crippen LogP contribution in [0.2, 0.25) is 0 Å². The molecular weight excluding hydrogens is 300 g/mol. The van der Waals surface area contributed by atoms with Crippen LogP contribution in [0.5, 0.6) is 0 Å². The molecule has 2 atom stereocenters. The summed E-state index contributed by atoms with van der Waals surface area (Å²) in [6.45, 7) is 5.90. The highest BCUT2D eigenvalue weighted by atomic mass is 16.5. The van der Waals surface area contributed by atoms with Gasteiger partial charge in [0.15, 0.2) is 0 Å². The van der Waals surface area contributed by atoms with Crippen LogP contribution in [-0.2, 0) is 22.0 Å². The Hall–Kier alpha value is -2.10. The Balaban J connectivity index is 1.93. The van der Waals surface area contributed by atoms with Crippen LogP contribution in [0.25, 0.3) is 0 Å². The zero-order valence-electron chi connectivity index (χ0n) is 14.4. The third-order valence-corrected chi connectivity index (χ3v) is 5.94. The van der Waals surface area contributed by atoms with Crippen LogP contribution in [-0.4, -0.2) is 29.1 Å². The van der Waals surface area contributed by atoms with Gasteiger partial charge in [0.2, 0.25) is 5.91 Å². The van der Waals surface area contributed by atoms with Gasteiger partial charge in [-0.15, -0.1) is 0 Å². The first-order valence-electron chi connectivity index (χ1n) is 8.88. The Labute approximate surface area is 142 Å². The molecule has 0 N–H and O–H groups in total. The summed E-state index contributed by atoms with van der Waals surface area (Å²) in [5.74, 6) is 1.25. The molecule has 4 rings (SSSR count). The largest absolute Gasteiger partial charge is 0.361 e. The van der Waals surface area contributed by atoms with E-state index in [1.807, 2.05) is 29.3 Å². The van der Waals surface area contributed by atoms with E-state index >= 15 is 0 Å². The normalized spacial score (nSPS) is 29.8. The number of likely N-dealkylation sites (tertiary alicyclic amines) is 1. The second kappa shape index (κ2) is 5.47. The number of aromatic nitrogens is 1. The second-order valence-electron chi connectivity index (χ2n) is 7.53. The van der Waals surface area contributed by atoms with Crippen molar-refractivity contribution in [3.05, 3.63) is 53.4 Å².